The molecule has 0 spiro atoms. The van der Waals surface area contributed by atoms with Gasteiger partial charge in [0.05, 0.1) is 10.6 Å². The molecule has 0 unspecified atom stereocenters. The van der Waals surface area contributed by atoms with Crippen LogP contribution >= 0.6 is 11.6 Å². The van der Waals surface area contributed by atoms with Crippen molar-refractivity contribution in [2.24, 2.45) is 5.92 Å². The predicted octanol–water partition coefficient (Wildman–Crippen LogP) is 3.65. The maximum atomic E-state index is 13.4. The molecular weight excluding hydrogens is 241 g/mol. The number of hydrogen-bond acceptors (Lipinski definition) is 1. The molecule has 0 bridgehead atoms. The van der Waals surface area contributed by atoms with Gasteiger partial charge in [0.25, 0.3) is 5.91 Å². The van der Waals surface area contributed by atoms with E-state index in [2.05, 4.69) is 19.2 Å². The molecule has 94 valence electrons. The van der Waals surface area contributed by atoms with E-state index in [4.69, 9.17) is 11.6 Å². The van der Waals surface area contributed by atoms with Crippen molar-refractivity contribution in [3.05, 3.63) is 34.6 Å². The van der Waals surface area contributed by atoms with Crippen molar-refractivity contribution in [3.63, 3.8) is 0 Å². The van der Waals surface area contributed by atoms with Gasteiger partial charge in [0.1, 0.15) is 5.82 Å². The van der Waals surface area contributed by atoms with Gasteiger partial charge in [-0.05, 0) is 30.9 Å². The van der Waals surface area contributed by atoms with Gasteiger partial charge in [-0.3, -0.25) is 4.79 Å². The van der Waals surface area contributed by atoms with E-state index in [1.807, 2.05) is 0 Å². The third-order valence-electron chi connectivity index (χ3n) is 2.43. The minimum Gasteiger partial charge on any atom is -0.352 e. The zero-order valence-electron chi connectivity index (χ0n) is 10.1. The molecule has 0 radical (unpaired) electrons. The second kappa shape index (κ2) is 6.60. The van der Waals surface area contributed by atoms with E-state index in [9.17, 15) is 9.18 Å². The highest BCUT2D eigenvalue weighted by Crippen LogP contribution is 2.18. The minimum absolute atomic E-state index is 0.0706. The Morgan fingerprint density at radius 2 is 2.18 bits per heavy atom. The van der Waals surface area contributed by atoms with Crippen LogP contribution in [0.3, 0.4) is 0 Å². The summed E-state index contributed by atoms with van der Waals surface area (Å²) in [5, 5.41) is 2.82. The molecule has 4 heteroatoms. The van der Waals surface area contributed by atoms with Crippen LogP contribution in [0.4, 0.5) is 4.39 Å². The first kappa shape index (κ1) is 14.0. The molecule has 0 atom stereocenters. The monoisotopic (exact) mass is 257 g/mol. The normalized spacial score (nSPS) is 10.6. The number of nitrogens with one attached hydrogen (secondary N) is 1. The third kappa shape index (κ3) is 4.35. The Balaban J connectivity index is 2.53. The van der Waals surface area contributed by atoms with Crippen LogP contribution in [0.25, 0.3) is 0 Å². The molecule has 0 heterocycles. The zero-order chi connectivity index (χ0) is 12.8. The van der Waals surface area contributed by atoms with Crippen molar-refractivity contribution in [2.45, 2.75) is 26.7 Å². The van der Waals surface area contributed by atoms with Gasteiger partial charge >= 0.3 is 0 Å². The topological polar surface area (TPSA) is 29.1 Å². The SMILES string of the molecule is CC(C)CCCNC(=O)c1c(F)cccc1Cl. The van der Waals surface area contributed by atoms with Crippen LogP contribution < -0.4 is 5.32 Å². The number of halogens is 2. The van der Waals surface area contributed by atoms with E-state index in [-0.39, 0.29) is 10.6 Å². The summed E-state index contributed by atoms with van der Waals surface area (Å²) in [6.45, 7) is 4.78. The second-order valence-corrected chi connectivity index (χ2v) is 4.80. The Labute approximate surface area is 106 Å². The summed E-state index contributed by atoms with van der Waals surface area (Å²) in [4.78, 5) is 11.7. The Morgan fingerprint density at radius 1 is 1.47 bits per heavy atom. The minimum atomic E-state index is -0.584. The summed E-state index contributed by atoms with van der Waals surface area (Å²) in [6.07, 6.45) is 1.92. The molecule has 0 saturated heterocycles. The van der Waals surface area contributed by atoms with Crippen molar-refractivity contribution < 1.29 is 9.18 Å². The maximum absolute atomic E-state index is 13.4. The molecule has 0 aliphatic heterocycles. The summed E-state index contributed by atoms with van der Waals surface area (Å²) in [5.41, 5.74) is -0.0706. The van der Waals surface area contributed by atoms with E-state index in [0.717, 1.165) is 12.8 Å². The lowest BCUT2D eigenvalue weighted by atomic mass is 10.1. The molecule has 0 aliphatic rings. The zero-order valence-corrected chi connectivity index (χ0v) is 10.9. The van der Waals surface area contributed by atoms with Crippen molar-refractivity contribution >= 4 is 17.5 Å². The smallest absolute Gasteiger partial charge is 0.255 e. The Morgan fingerprint density at radius 3 is 2.76 bits per heavy atom. The van der Waals surface area contributed by atoms with Crippen molar-refractivity contribution in [3.8, 4) is 0 Å². The van der Waals surface area contributed by atoms with Gasteiger partial charge in [0.15, 0.2) is 0 Å². The molecule has 0 fully saturated rings. The molecule has 1 aromatic carbocycles. The summed E-state index contributed by atoms with van der Waals surface area (Å²) in [5.74, 6) is -0.431. The number of benzene rings is 1. The molecule has 1 rings (SSSR count). The summed E-state index contributed by atoms with van der Waals surface area (Å²) in [7, 11) is 0. The van der Waals surface area contributed by atoms with Gasteiger partial charge in [-0.15, -0.1) is 0 Å². The number of amides is 1. The summed E-state index contributed by atoms with van der Waals surface area (Å²) in [6, 6.07) is 4.22. The molecular formula is C13H17ClFNO. The predicted molar refractivity (Wildman–Crippen MR) is 67.8 cm³/mol. The molecule has 1 aromatic rings. The summed E-state index contributed by atoms with van der Waals surface area (Å²) >= 11 is 5.79. The van der Waals surface area contributed by atoms with E-state index < -0.39 is 11.7 Å². The van der Waals surface area contributed by atoms with Gasteiger partial charge in [-0.1, -0.05) is 31.5 Å². The fourth-order valence-electron chi connectivity index (χ4n) is 1.52. The van der Waals surface area contributed by atoms with Crippen LogP contribution in [-0.4, -0.2) is 12.5 Å². The lowest BCUT2D eigenvalue weighted by Crippen LogP contribution is -2.26. The standard InChI is InChI=1S/C13H17ClFNO/c1-9(2)5-4-8-16-13(17)12-10(14)6-3-7-11(12)15/h3,6-7,9H,4-5,8H2,1-2H3,(H,16,17). The highest BCUT2D eigenvalue weighted by molar-refractivity contribution is 6.33. The van der Waals surface area contributed by atoms with Crippen molar-refractivity contribution in [1.29, 1.82) is 0 Å². The van der Waals surface area contributed by atoms with Gasteiger partial charge in [0.2, 0.25) is 0 Å². The van der Waals surface area contributed by atoms with Crippen molar-refractivity contribution in [1.82, 2.24) is 5.32 Å². The van der Waals surface area contributed by atoms with E-state index >= 15 is 0 Å². The first-order valence-corrected chi connectivity index (χ1v) is 6.12. The van der Waals surface area contributed by atoms with Crippen LogP contribution in [0.5, 0.6) is 0 Å². The third-order valence-corrected chi connectivity index (χ3v) is 2.75. The van der Waals surface area contributed by atoms with Gasteiger partial charge in [-0.2, -0.15) is 0 Å². The number of carbonyl (C=O) groups excluding carboxylic acids is 1. The number of hydrogen-bond donors (Lipinski definition) is 1. The molecule has 2 nitrogen and oxygen atoms in total. The lowest BCUT2D eigenvalue weighted by Gasteiger charge is -2.08. The highest BCUT2D eigenvalue weighted by Gasteiger charge is 2.14. The second-order valence-electron chi connectivity index (χ2n) is 4.39. The first-order chi connectivity index (χ1) is 8.02. The Kier molecular flexibility index (Phi) is 5.42. The molecule has 1 amide bonds. The number of rotatable bonds is 5. The molecule has 17 heavy (non-hydrogen) atoms. The first-order valence-electron chi connectivity index (χ1n) is 5.74. The van der Waals surface area contributed by atoms with Gasteiger partial charge in [0, 0.05) is 6.54 Å². The number of carbonyl (C=O) groups is 1. The van der Waals surface area contributed by atoms with E-state index in [0.29, 0.717) is 12.5 Å². The van der Waals surface area contributed by atoms with Crippen LogP contribution in [0.15, 0.2) is 18.2 Å². The average molecular weight is 258 g/mol. The molecule has 1 N–H and O–H groups in total. The molecule has 0 saturated carbocycles. The lowest BCUT2D eigenvalue weighted by molar-refractivity contribution is 0.0948. The fraction of sp³-hybridized carbons (Fsp3) is 0.462. The summed E-state index contributed by atoms with van der Waals surface area (Å²) < 4.78 is 13.4. The van der Waals surface area contributed by atoms with E-state index in [1.54, 1.807) is 0 Å². The largest absolute Gasteiger partial charge is 0.352 e. The van der Waals surface area contributed by atoms with Crippen LogP contribution in [0, 0.1) is 11.7 Å². The maximum Gasteiger partial charge on any atom is 0.255 e. The van der Waals surface area contributed by atoms with E-state index in [1.165, 1.54) is 18.2 Å². The Hall–Kier alpha value is -1.09. The fourth-order valence-corrected chi connectivity index (χ4v) is 1.76. The quantitative estimate of drug-likeness (QED) is 0.802. The van der Waals surface area contributed by atoms with Gasteiger partial charge in [-0.25, -0.2) is 4.39 Å². The van der Waals surface area contributed by atoms with Crippen LogP contribution in [0.2, 0.25) is 5.02 Å². The average Bonchev–Trinajstić information content (AvgIpc) is 2.24. The Bertz CT molecular complexity index is 373. The van der Waals surface area contributed by atoms with Gasteiger partial charge < -0.3 is 5.32 Å². The van der Waals surface area contributed by atoms with Crippen LogP contribution in [0.1, 0.15) is 37.0 Å². The molecule has 0 aliphatic carbocycles. The highest BCUT2D eigenvalue weighted by atomic mass is 35.5. The van der Waals surface area contributed by atoms with Crippen molar-refractivity contribution in [2.75, 3.05) is 6.54 Å². The van der Waals surface area contributed by atoms with Crippen LogP contribution in [-0.2, 0) is 0 Å². The molecule has 0 aromatic heterocycles.